The molecule has 3 heterocycles. The molecule has 0 saturated heterocycles. The van der Waals surface area contributed by atoms with Gasteiger partial charge in [0, 0.05) is 18.1 Å². The summed E-state index contributed by atoms with van der Waals surface area (Å²) in [7, 11) is 1.58. The summed E-state index contributed by atoms with van der Waals surface area (Å²) in [5, 5.41) is 4.59. The number of pyridine rings is 1. The van der Waals surface area contributed by atoms with Crippen LogP contribution in [0.25, 0.3) is 17.0 Å². The third kappa shape index (κ3) is 2.17. The molecule has 4 rings (SSSR count). The first-order valence-corrected chi connectivity index (χ1v) is 7.63. The average Bonchev–Trinajstić information content (AvgIpc) is 2.91. The fraction of sp³-hybridized carbons (Fsp3) is 0.312. The molecule has 2 N–H and O–H groups in total. The van der Waals surface area contributed by atoms with Gasteiger partial charge in [-0.2, -0.15) is 5.10 Å². The molecule has 0 aliphatic heterocycles. The summed E-state index contributed by atoms with van der Waals surface area (Å²) in [6.07, 6.45) is 4.66. The molecule has 0 spiro atoms. The summed E-state index contributed by atoms with van der Waals surface area (Å²) in [5.74, 6) is -1.10. The van der Waals surface area contributed by atoms with E-state index in [9.17, 15) is 8.78 Å². The van der Waals surface area contributed by atoms with Crippen molar-refractivity contribution in [3.05, 3.63) is 35.7 Å². The van der Waals surface area contributed by atoms with Gasteiger partial charge in [-0.1, -0.05) is 6.42 Å². The highest BCUT2D eigenvalue weighted by Gasteiger charge is 2.26. The lowest BCUT2D eigenvalue weighted by Gasteiger charge is -2.26. The van der Waals surface area contributed by atoms with E-state index in [4.69, 9.17) is 10.5 Å². The van der Waals surface area contributed by atoms with Gasteiger partial charge in [0.25, 0.3) is 0 Å². The number of nitrogens with zero attached hydrogens (tertiary/aromatic N) is 4. The van der Waals surface area contributed by atoms with Gasteiger partial charge >= 0.3 is 0 Å². The second-order valence-electron chi connectivity index (χ2n) is 5.83. The van der Waals surface area contributed by atoms with E-state index in [1.807, 2.05) is 0 Å². The number of methoxy groups -OCH3 is 1. The van der Waals surface area contributed by atoms with Gasteiger partial charge in [0.1, 0.15) is 22.8 Å². The zero-order valence-corrected chi connectivity index (χ0v) is 13.0. The molecule has 0 bridgehead atoms. The topological polar surface area (TPSA) is 78.3 Å². The average molecular weight is 331 g/mol. The van der Waals surface area contributed by atoms with Crippen molar-refractivity contribution in [2.75, 3.05) is 12.8 Å². The first kappa shape index (κ1) is 14.8. The van der Waals surface area contributed by atoms with E-state index in [0.717, 1.165) is 25.0 Å². The molecule has 1 fully saturated rings. The van der Waals surface area contributed by atoms with Crippen molar-refractivity contribution >= 4 is 11.5 Å². The van der Waals surface area contributed by atoms with E-state index in [-0.39, 0.29) is 11.5 Å². The lowest BCUT2D eigenvalue weighted by molar-refractivity contribution is 0.362. The van der Waals surface area contributed by atoms with Crippen molar-refractivity contribution in [2.24, 2.45) is 0 Å². The molecule has 1 aliphatic carbocycles. The number of ether oxygens (including phenoxy) is 1. The molecule has 3 aromatic rings. The number of halogens is 2. The van der Waals surface area contributed by atoms with Crippen LogP contribution in [0.2, 0.25) is 0 Å². The minimum Gasteiger partial charge on any atom is -0.495 e. The molecular weight excluding hydrogens is 316 g/mol. The maximum atomic E-state index is 14.2. The van der Waals surface area contributed by atoms with Gasteiger partial charge in [0.05, 0.1) is 13.3 Å². The Morgan fingerprint density at radius 3 is 2.71 bits per heavy atom. The minimum atomic E-state index is -0.894. The van der Waals surface area contributed by atoms with Crippen LogP contribution >= 0.6 is 0 Å². The van der Waals surface area contributed by atoms with Crippen molar-refractivity contribution in [1.29, 1.82) is 0 Å². The Bertz CT molecular complexity index is 936. The van der Waals surface area contributed by atoms with Crippen LogP contribution in [-0.4, -0.2) is 26.7 Å². The van der Waals surface area contributed by atoms with Crippen LogP contribution in [0.4, 0.5) is 14.6 Å². The molecule has 0 aromatic carbocycles. The molecule has 0 radical (unpaired) electrons. The summed E-state index contributed by atoms with van der Waals surface area (Å²) in [4.78, 5) is 8.03. The van der Waals surface area contributed by atoms with E-state index in [1.54, 1.807) is 13.2 Å². The Morgan fingerprint density at radius 2 is 2.04 bits per heavy atom. The summed E-state index contributed by atoms with van der Waals surface area (Å²) in [6.45, 7) is 0. The molecular formula is C16H15F2N5O. The van der Waals surface area contributed by atoms with E-state index in [2.05, 4.69) is 15.1 Å². The van der Waals surface area contributed by atoms with Crippen molar-refractivity contribution in [3.63, 3.8) is 0 Å². The predicted molar refractivity (Wildman–Crippen MR) is 83.7 cm³/mol. The fourth-order valence-electron chi connectivity index (χ4n) is 2.86. The van der Waals surface area contributed by atoms with E-state index in [1.165, 1.54) is 10.7 Å². The number of hydrogen-bond acceptors (Lipinski definition) is 5. The maximum absolute atomic E-state index is 14.2. The lowest BCUT2D eigenvalue weighted by Crippen LogP contribution is -2.14. The summed E-state index contributed by atoms with van der Waals surface area (Å²) in [5.41, 5.74) is 7.01. The summed E-state index contributed by atoms with van der Waals surface area (Å²) in [6, 6.07) is 2.47. The molecule has 0 unspecified atom stereocenters. The zero-order chi connectivity index (χ0) is 16.8. The number of anilines is 1. The maximum Gasteiger partial charge on any atom is 0.168 e. The molecule has 0 atom stereocenters. The number of fused-ring (bicyclic) bond motifs is 1. The quantitative estimate of drug-likeness (QED) is 0.798. The third-order valence-electron chi connectivity index (χ3n) is 4.40. The molecule has 6 nitrogen and oxygen atoms in total. The lowest BCUT2D eigenvalue weighted by atomic mass is 9.82. The first-order chi connectivity index (χ1) is 11.6. The number of aromatic nitrogens is 4. The SMILES string of the molecule is COc1cc2ncc(-c3nc(N)c(F)cc3F)n2nc1C1CCC1. The molecule has 1 aliphatic rings. The van der Waals surface area contributed by atoms with Crippen LogP contribution in [0.5, 0.6) is 5.75 Å². The first-order valence-electron chi connectivity index (χ1n) is 7.63. The Labute approximate surface area is 136 Å². The number of rotatable bonds is 3. The molecule has 0 amide bonds. The Hall–Kier alpha value is -2.77. The highest BCUT2D eigenvalue weighted by molar-refractivity contribution is 5.62. The number of imidazole rings is 1. The molecule has 124 valence electrons. The standard InChI is InChI=1S/C16H15F2N5O/c1-24-12-6-13-20-7-11(15-9(17)5-10(18)16(19)21-15)23(13)22-14(12)8-3-2-4-8/h5-8H,2-4H2,1H3,(H2,19,21). The second kappa shape index (κ2) is 5.40. The van der Waals surface area contributed by atoms with Crippen LogP contribution in [0.15, 0.2) is 18.3 Å². The van der Waals surface area contributed by atoms with E-state index < -0.39 is 11.6 Å². The van der Waals surface area contributed by atoms with Gasteiger partial charge in [-0.25, -0.2) is 23.3 Å². The van der Waals surface area contributed by atoms with E-state index >= 15 is 0 Å². The van der Waals surface area contributed by atoms with Gasteiger partial charge in [-0.05, 0) is 12.8 Å². The van der Waals surface area contributed by atoms with Crippen molar-refractivity contribution < 1.29 is 13.5 Å². The molecule has 8 heteroatoms. The zero-order valence-electron chi connectivity index (χ0n) is 13.0. The minimum absolute atomic E-state index is 0.0846. The largest absolute Gasteiger partial charge is 0.495 e. The smallest absolute Gasteiger partial charge is 0.168 e. The van der Waals surface area contributed by atoms with Crippen molar-refractivity contribution in [3.8, 4) is 17.1 Å². The molecule has 3 aromatic heterocycles. The third-order valence-corrected chi connectivity index (χ3v) is 4.40. The van der Waals surface area contributed by atoms with Gasteiger partial charge in [-0.15, -0.1) is 0 Å². The van der Waals surface area contributed by atoms with Gasteiger partial charge in [-0.3, -0.25) is 0 Å². The Balaban J connectivity index is 1.92. The Kier molecular flexibility index (Phi) is 3.33. The van der Waals surface area contributed by atoms with Gasteiger partial charge < -0.3 is 10.5 Å². The van der Waals surface area contributed by atoms with E-state index in [0.29, 0.717) is 29.1 Å². The van der Waals surface area contributed by atoms with Crippen LogP contribution in [0, 0.1) is 11.6 Å². The van der Waals surface area contributed by atoms with Crippen molar-refractivity contribution in [2.45, 2.75) is 25.2 Å². The normalized spacial score (nSPS) is 14.8. The Morgan fingerprint density at radius 1 is 1.25 bits per heavy atom. The highest BCUT2D eigenvalue weighted by atomic mass is 19.1. The van der Waals surface area contributed by atoms with Crippen molar-refractivity contribution in [1.82, 2.24) is 19.6 Å². The predicted octanol–water partition coefficient (Wildman–Crippen LogP) is 2.93. The fourth-order valence-corrected chi connectivity index (χ4v) is 2.86. The van der Waals surface area contributed by atoms with Crippen LogP contribution in [0.3, 0.4) is 0 Å². The van der Waals surface area contributed by atoms with Crippen LogP contribution in [0.1, 0.15) is 30.9 Å². The second-order valence-corrected chi connectivity index (χ2v) is 5.83. The highest BCUT2D eigenvalue weighted by Crippen LogP contribution is 2.40. The van der Waals surface area contributed by atoms with Gasteiger partial charge in [0.15, 0.2) is 23.1 Å². The summed E-state index contributed by atoms with van der Waals surface area (Å²) >= 11 is 0. The summed E-state index contributed by atoms with van der Waals surface area (Å²) < 4.78 is 34.4. The number of nitrogens with two attached hydrogens (primary N) is 1. The number of nitrogen functional groups attached to an aromatic ring is 1. The molecule has 24 heavy (non-hydrogen) atoms. The van der Waals surface area contributed by atoms with Crippen LogP contribution in [-0.2, 0) is 0 Å². The van der Waals surface area contributed by atoms with Gasteiger partial charge in [0.2, 0.25) is 0 Å². The molecule has 1 saturated carbocycles. The van der Waals surface area contributed by atoms with Crippen LogP contribution < -0.4 is 10.5 Å². The number of hydrogen-bond donors (Lipinski definition) is 1. The monoisotopic (exact) mass is 331 g/mol.